The number of aliphatic hydroxyl groups excluding tert-OH is 2. The average Bonchev–Trinajstić information content (AvgIpc) is 2.35. The van der Waals surface area contributed by atoms with Gasteiger partial charge in [0.2, 0.25) is 0 Å². The Morgan fingerprint density at radius 1 is 1.11 bits per heavy atom. The van der Waals surface area contributed by atoms with E-state index >= 15 is 0 Å². The molecule has 2 N–H and O–H groups in total. The van der Waals surface area contributed by atoms with Gasteiger partial charge in [-0.15, -0.1) is 0 Å². The van der Waals surface area contributed by atoms with Gasteiger partial charge in [0.1, 0.15) is 6.10 Å². The summed E-state index contributed by atoms with van der Waals surface area (Å²) in [6, 6.07) is 3.07. The lowest BCUT2D eigenvalue weighted by atomic mass is 9.96. The third-order valence-electron chi connectivity index (χ3n) is 2.23. The number of benzene rings is 1. The highest BCUT2D eigenvalue weighted by molar-refractivity contribution is 6.11. The fourth-order valence-corrected chi connectivity index (χ4v) is 1.41. The van der Waals surface area contributed by atoms with E-state index in [9.17, 15) is 24.6 Å². The van der Waals surface area contributed by atoms with E-state index in [0.29, 0.717) is 0 Å². The lowest BCUT2D eigenvalue weighted by Gasteiger charge is -2.16. The van der Waals surface area contributed by atoms with Gasteiger partial charge in [-0.05, 0) is 0 Å². The van der Waals surface area contributed by atoms with Crippen molar-refractivity contribution in [3.63, 3.8) is 0 Å². The number of rotatable bonds is 5. The van der Waals surface area contributed by atoms with Crippen LogP contribution in [-0.2, 0) is 0 Å². The van der Waals surface area contributed by atoms with Crippen LogP contribution in [0.1, 0.15) is 31.1 Å². The molecule has 0 amide bonds. The highest BCUT2D eigenvalue weighted by Crippen LogP contribution is 2.16. The second-order valence-electron chi connectivity index (χ2n) is 3.37. The summed E-state index contributed by atoms with van der Waals surface area (Å²) in [6.07, 6.45) is -1.83. The van der Waals surface area contributed by atoms with Gasteiger partial charge in [0.15, 0.2) is 5.78 Å². The summed E-state index contributed by atoms with van der Waals surface area (Å²) < 4.78 is 0. The van der Waals surface area contributed by atoms with Gasteiger partial charge in [0.05, 0.1) is 18.5 Å². The van der Waals surface area contributed by atoms with Gasteiger partial charge in [-0.1, -0.05) is 18.2 Å². The number of carboxylic acid groups (broad SMARTS) is 2. The van der Waals surface area contributed by atoms with E-state index < -0.39 is 47.1 Å². The fourth-order valence-electron chi connectivity index (χ4n) is 1.41. The van der Waals surface area contributed by atoms with Crippen molar-refractivity contribution < 1.29 is 34.8 Å². The molecule has 1 rings (SSSR count). The van der Waals surface area contributed by atoms with Gasteiger partial charge in [0.25, 0.3) is 0 Å². The standard InChI is InChI=1S/C11H10O7/c12-4-7(13)9(14)5-2-1-3-6(10(15)16)8(5)11(17)18/h1-3,7,12-13H,4H2,(H,15,16)(H,17,18)/p-2. The average molecular weight is 252 g/mol. The summed E-state index contributed by atoms with van der Waals surface area (Å²) in [4.78, 5) is 33.1. The van der Waals surface area contributed by atoms with Crippen LogP contribution in [-0.4, -0.2) is 40.6 Å². The molecule has 0 saturated heterocycles. The molecule has 0 aromatic heterocycles. The molecule has 0 heterocycles. The number of aliphatic hydroxyl groups is 2. The van der Waals surface area contributed by atoms with Crippen LogP contribution in [0.15, 0.2) is 18.2 Å². The molecule has 0 aliphatic heterocycles. The third-order valence-corrected chi connectivity index (χ3v) is 2.23. The molecular weight excluding hydrogens is 244 g/mol. The Morgan fingerprint density at radius 2 is 1.67 bits per heavy atom. The van der Waals surface area contributed by atoms with Crippen LogP contribution in [0.2, 0.25) is 0 Å². The minimum atomic E-state index is -1.89. The van der Waals surface area contributed by atoms with Gasteiger partial charge in [-0.2, -0.15) is 0 Å². The van der Waals surface area contributed by atoms with Crippen molar-refractivity contribution in [2.45, 2.75) is 6.10 Å². The molecule has 0 aliphatic carbocycles. The fraction of sp³-hybridized carbons (Fsp3) is 0.182. The minimum absolute atomic E-state index is 0.557. The maximum atomic E-state index is 11.6. The van der Waals surface area contributed by atoms with Crippen molar-refractivity contribution >= 4 is 17.7 Å². The quantitative estimate of drug-likeness (QED) is 0.531. The van der Waals surface area contributed by atoms with Gasteiger partial charge in [-0.25, -0.2) is 0 Å². The van der Waals surface area contributed by atoms with E-state index in [1.165, 1.54) is 0 Å². The third kappa shape index (κ3) is 2.53. The van der Waals surface area contributed by atoms with Crippen LogP contribution >= 0.6 is 0 Å². The van der Waals surface area contributed by atoms with E-state index in [4.69, 9.17) is 10.2 Å². The highest BCUT2D eigenvalue weighted by atomic mass is 16.4. The maximum Gasteiger partial charge on any atom is 0.194 e. The molecule has 1 aromatic rings. The zero-order valence-electron chi connectivity index (χ0n) is 8.95. The number of ketones is 1. The van der Waals surface area contributed by atoms with Crippen LogP contribution in [0.25, 0.3) is 0 Å². The number of hydrogen-bond acceptors (Lipinski definition) is 7. The molecule has 1 atom stereocenters. The first kappa shape index (κ1) is 13.8. The van der Waals surface area contributed by atoms with Gasteiger partial charge in [-0.3, -0.25) is 4.79 Å². The number of aromatic carboxylic acids is 2. The van der Waals surface area contributed by atoms with Crippen LogP contribution in [0.4, 0.5) is 0 Å². The molecule has 96 valence electrons. The highest BCUT2D eigenvalue weighted by Gasteiger charge is 2.21. The summed E-state index contributed by atoms with van der Waals surface area (Å²) >= 11 is 0. The normalized spacial score (nSPS) is 11.9. The number of carbonyl (C=O) groups excluding carboxylic acids is 3. The first-order chi connectivity index (χ1) is 8.40. The zero-order valence-corrected chi connectivity index (χ0v) is 8.95. The zero-order chi connectivity index (χ0) is 13.9. The summed E-state index contributed by atoms with van der Waals surface area (Å²) in [5.41, 5.74) is -2.17. The van der Waals surface area contributed by atoms with Gasteiger partial charge < -0.3 is 30.0 Å². The summed E-state index contributed by atoms with van der Waals surface area (Å²) in [6.45, 7) is -0.916. The van der Waals surface area contributed by atoms with Crippen molar-refractivity contribution in [3.8, 4) is 0 Å². The van der Waals surface area contributed by atoms with Crippen LogP contribution in [0, 0.1) is 0 Å². The topological polar surface area (TPSA) is 138 Å². The molecule has 0 radical (unpaired) electrons. The van der Waals surface area contributed by atoms with Crippen molar-refractivity contribution in [1.82, 2.24) is 0 Å². The van der Waals surface area contributed by atoms with Crippen LogP contribution in [0.5, 0.6) is 0 Å². The smallest absolute Gasteiger partial charge is 0.194 e. The largest absolute Gasteiger partial charge is 0.545 e. The number of Topliss-reactive ketones (excluding diaryl/α,β-unsaturated/α-hetero) is 1. The van der Waals surface area contributed by atoms with Crippen molar-refractivity contribution in [1.29, 1.82) is 0 Å². The molecule has 0 bridgehead atoms. The van der Waals surface area contributed by atoms with Crippen molar-refractivity contribution in [3.05, 3.63) is 34.9 Å². The first-order valence-electron chi connectivity index (χ1n) is 4.79. The Balaban J connectivity index is 3.45. The Hall–Kier alpha value is -2.25. The Morgan fingerprint density at radius 3 is 2.11 bits per heavy atom. The molecule has 7 nitrogen and oxygen atoms in total. The van der Waals surface area contributed by atoms with E-state index in [1.807, 2.05) is 0 Å². The van der Waals surface area contributed by atoms with Crippen LogP contribution in [0.3, 0.4) is 0 Å². The predicted octanol–water partition coefficient (Wildman–Crippen LogP) is -3.05. The van der Waals surface area contributed by atoms with Crippen molar-refractivity contribution in [2.24, 2.45) is 0 Å². The first-order valence-corrected chi connectivity index (χ1v) is 4.79. The molecule has 18 heavy (non-hydrogen) atoms. The van der Waals surface area contributed by atoms with Gasteiger partial charge >= 0.3 is 0 Å². The second kappa shape index (κ2) is 5.39. The summed E-state index contributed by atoms with van der Waals surface area (Å²) in [7, 11) is 0. The summed E-state index contributed by atoms with van der Waals surface area (Å²) in [5, 5.41) is 39.3. The molecule has 7 heteroatoms. The Labute approximate surface area is 101 Å². The number of carbonyl (C=O) groups is 3. The monoisotopic (exact) mass is 252 g/mol. The minimum Gasteiger partial charge on any atom is -0.545 e. The van der Waals surface area contributed by atoms with E-state index in [-0.39, 0.29) is 0 Å². The van der Waals surface area contributed by atoms with Gasteiger partial charge in [0, 0.05) is 16.7 Å². The molecule has 0 aliphatic rings. The maximum absolute atomic E-state index is 11.6. The SMILES string of the molecule is O=C([O-])c1cccc(C(=O)C(O)CO)c1C(=O)[O-]. The Kier molecular flexibility index (Phi) is 4.13. The molecule has 0 fully saturated rings. The number of hydrogen-bond donors (Lipinski definition) is 2. The molecule has 0 spiro atoms. The lowest BCUT2D eigenvalue weighted by molar-refractivity contribution is -0.259. The molecule has 1 unspecified atom stereocenters. The van der Waals surface area contributed by atoms with Crippen molar-refractivity contribution in [2.75, 3.05) is 6.61 Å². The number of carboxylic acids is 2. The molecule has 1 aromatic carbocycles. The molecule has 0 saturated carbocycles. The van der Waals surface area contributed by atoms with E-state index in [1.54, 1.807) is 0 Å². The summed E-state index contributed by atoms with van der Waals surface area (Å²) in [5.74, 6) is -4.79. The van der Waals surface area contributed by atoms with E-state index in [0.717, 1.165) is 18.2 Å². The lowest BCUT2D eigenvalue weighted by Crippen LogP contribution is -2.34. The Bertz CT molecular complexity index is 506. The second-order valence-corrected chi connectivity index (χ2v) is 3.37. The molecular formula is C11H8O7-2. The predicted molar refractivity (Wildman–Crippen MR) is 52.5 cm³/mol. The van der Waals surface area contributed by atoms with Crippen LogP contribution < -0.4 is 10.2 Å². The van der Waals surface area contributed by atoms with E-state index in [2.05, 4.69) is 0 Å².